The highest BCUT2D eigenvalue weighted by molar-refractivity contribution is 5.92. The summed E-state index contributed by atoms with van der Waals surface area (Å²) in [6.07, 6.45) is 0. The van der Waals surface area contributed by atoms with E-state index in [1.54, 1.807) is 7.11 Å². The van der Waals surface area contributed by atoms with Crippen molar-refractivity contribution in [1.29, 1.82) is 5.26 Å². The van der Waals surface area contributed by atoms with Crippen molar-refractivity contribution in [1.82, 2.24) is 0 Å². The fraction of sp³-hybridized carbons (Fsp3) is 0.333. The lowest BCUT2D eigenvalue weighted by Crippen LogP contribution is -2.20. The zero-order chi connectivity index (χ0) is 11.5. The van der Waals surface area contributed by atoms with E-state index in [1.165, 1.54) is 0 Å². The van der Waals surface area contributed by atoms with E-state index in [0.29, 0.717) is 13.1 Å². The summed E-state index contributed by atoms with van der Waals surface area (Å²) in [6.45, 7) is 0.744. The smallest absolute Gasteiger partial charge is 0.170 e. The number of Topliss-reactive ketones (excluding diaryl/α,β-unsaturated/α-hetero) is 1. The summed E-state index contributed by atoms with van der Waals surface area (Å²) in [5.74, 6) is 0.201. The van der Waals surface area contributed by atoms with Crippen molar-refractivity contribution in [3.05, 3.63) is 24.3 Å². The summed E-state index contributed by atoms with van der Waals surface area (Å²) in [6, 6.07) is 9.53. The minimum Gasteiger partial charge on any atom is -0.495 e. The Balaban J connectivity index is 2.27. The number of ether oxygens (including phenoxy) is 1. The Labute approximate surface area is 94.0 Å². The third kappa shape index (κ3) is 1.72. The maximum absolute atomic E-state index is 11.5. The van der Waals surface area contributed by atoms with E-state index in [2.05, 4.69) is 0 Å². The van der Waals surface area contributed by atoms with Crippen LogP contribution in [0, 0.1) is 17.2 Å². The van der Waals surface area contributed by atoms with Gasteiger partial charge in [-0.05, 0) is 12.1 Å². The van der Waals surface area contributed by atoms with Crippen molar-refractivity contribution < 1.29 is 9.53 Å². The number of anilines is 1. The number of para-hydroxylation sites is 2. The molecule has 1 aromatic rings. The summed E-state index contributed by atoms with van der Waals surface area (Å²) < 4.78 is 5.23. The zero-order valence-electron chi connectivity index (χ0n) is 9.01. The second-order valence-corrected chi connectivity index (χ2v) is 3.70. The van der Waals surface area contributed by atoms with E-state index in [9.17, 15) is 4.79 Å². The number of carbonyl (C=O) groups is 1. The lowest BCUT2D eigenvalue weighted by Gasteiger charge is -2.19. The molecule has 0 aliphatic carbocycles. The molecule has 1 aliphatic heterocycles. The molecular weight excluding hydrogens is 204 g/mol. The first-order chi connectivity index (χ1) is 7.76. The number of rotatable bonds is 2. The number of hydrogen-bond donors (Lipinski definition) is 0. The van der Waals surface area contributed by atoms with Gasteiger partial charge in [0.1, 0.15) is 11.7 Å². The van der Waals surface area contributed by atoms with Gasteiger partial charge in [-0.25, -0.2) is 0 Å². The summed E-state index contributed by atoms with van der Waals surface area (Å²) in [5.41, 5.74) is 0.871. The number of ketones is 1. The third-order valence-electron chi connectivity index (χ3n) is 2.72. The fourth-order valence-corrected chi connectivity index (χ4v) is 1.87. The minimum atomic E-state index is -0.509. The van der Waals surface area contributed by atoms with Gasteiger partial charge in [0, 0.05) is 6.54 Å². The maximum Gasteiger partial charge on any atom is 0.170 e. The molecule has 0 amide bonds. The van der Waals surface area contributed by atoms with Gasteiger partial charge in [0.05, 0.1) is 25.4 Å². The minimum absolute atomic E-state index is 0.0200. The molecular formula is C12H12N2O2. The molecule has 0 saturated carbocycles. The van der Waals surface area contributed by atoms with E-state index in [4.69, 9.17) is 10.00 Å². The van der Waals surface area contributed by atoms with Crippen LogP contribution in [0.15, 0.2) is 24.3 Å². The van der Waals surface area contributed by atoms with Crippen molar-refractivity contribution >= 4 is 11.5 Å². The quantitative estimate of drug-likeness (QED) is 0.746. The van der Waals surface area contributed by atoms with Crippen LogP contribution in [0.4, 0.5) is 5.69 Å². The third-order valence-corrected chi connectivity index (χ3v) is 2.72. The number of carbonyl (C=O) groups excluding carboxylic acids is 1. The molecule has 1 aliphatic rings. The van der Waals surface area contributed by atoms with Gasteiger partial charge >= 0.3 is 0 Å². The molecule has 1 saturated heterocycles. The zero-order valence-corrected chi connectivity index (χ0v) is 9.01. The van der Waals surface area contributed by atoms with Crippen molar-refractivity contribution in [2.24, 2.45) is 5.92 Å². The molecule has 4 heteroatoms. The number of nitrogens with zero attached hydrogens (tertiary/aromatic N) is 2. The average molecular weight is 216 g/mol. The van der Waals surface area contributed by atoms with Crippen molar-refractivity contribution in [3.8, 4) is 11.8 Å². The van der Waals surface area contributed by atoms with Crippen LogP contribution >= 0.6 is 0 Å². The van der Waals surface area contributed by atoms with Crippen LogP contribution in [0.25, 0.3) is 0 Å². The summed E-state index contributed by atoms with van der Waals surface area (Å²) in [4.78, 5) is 13.4. The molecule has 1 unspecified atom stereocenters. The largest absolute Gasteiger partial charge is 0.495 e. The molecule has 0 N–H and O–H groups in total. The lowest BCUT2D eigenvalue weighted by atomic mass is 10.1. The molecule has 1 heterocycles. The Hall–Kier alpha value is -2.02. The molecule has 0 radical (unpaired) electrons. The molecule has 82 valence electrons. The van der Waals surface area contributed by atoms with E-state index < -0.39 is 5.92 Å². The van der Waals surface area contributed by atoms with Crippen molar-refractivity contribution in [3.63, 3.8) is 0 Å². The van der Waals surface area contributed by atoms with Gasteiger partial charge in [0.25, 0.3) is 0 Å². The van der Waals surface area contributed by atoms with Crippen molar-refractivity contribution in [2.75, 3.05) is 25.1 Å². The van der Waals surface area contributed by atoms with Crippen LogP contribution in [0.1, 0.15) is 0 Å². The molecule has 0 aromatic heterocycles. The highest BCUT2D eigenvalue weighted by atomic mass is 16.5. The molecule has 0 spiro atoms. The molecule has 1 atom stereocenters. The molecule has 16 heavy (non-hydrogen) atoms. The van der Waals surface area contributed by atoms with Gasteiger partial charge in [-0.1, -0.05) is 12.1 Å². The van der Waals surface area contributed by atoms with Crippen LogP contribution in [-0.2, 0) is 4.79 Å². The Morgan fingerprint density at radius 2 is 2.25 bits per heavy atom. The lowest BCUT2D eigenvalue weighted by molar-refractivity contribution is -0.118. The highest BCUT2D eigenvalue weighted by Gasteiger charge is 2.31. The van der Waals surface area contributed by atoms with Gasteiger partial charge in [-0.15, -0.1) is 0 Å². The maximum atomic E-state index is 11.5. The first-order valence-corrected chi connectivity index (χ1v) is 5.06. The van der Waals surface area contributed by atoms with Crippen molar-refractivity contribution in [2.45, 2.75) is 0 Å². The van der Waals surface area contributed by atoms with Crippen LogP contribution in [0.2, 0.25) is 0 Å². The Bertz CT molecular complexity index is 451. The normalized spacial score (nSPS) is 19.6. The monoisotopic (exact) mass is 216 g/mol. The highest BCUT2D eigenvalue weighted by Crippen LogP contribution is 2.30. The van der Waals surface area contributed by atoms with Gasteiger partial charge in [-0.2, -0.15) is 5.26 Å². The van der Waals surface area contributed by atoms with E-state index >= 15 is 0 Å². The first-order valence-electron chi connectivity index (χ1n) is 5.06. The van der Waals surface area contributed by atoms with Gasteiger partial charge in [-0.3, -0.25) is 4.79 Å². The summed E-state index contributed by atoms with van der Waals surface area (Å²) in [5, 5.41) is 8.80. The van der Waals surface area contributed by atoms with Gasteiger partial charge < -0.3 is 9.64 Å². The summed E-state index contributed by atoms with van der Waals surface area (Å²) >= 11 is 0. The Morgan fingerprint density at radius 3 is 2.88 bits per heavy atom. The van der Waals surface area contributed by atoms with Gasteiger partial charge in [0.15, 0.2) is 5.78 Å². The predicted octanol–water partition coefficient (Wildman–Crippen LogP) is 1.22. The average Bonchev–Trinajstić information content (AvgIpc) is 2.70. The van der Waals surface area contributed by atoms with Gasteiger partial charge in [0.2, 0.25) is 0 Å². The summed E-state index contributed by atoms with van der Waals surface area (Å²) in [7, 11) is 1.60. The first kappa shape index (κ1) is 10.5. The molecule has 4 nitrogen and oxygen atoms in total. The van der Waals surface area contributed by atoms with E-state index in [0.717, 1.165) is 11.4 Å². The number of benzene rings is 1. The SMILES string of the molecule is COc1ccccc1N1CC(=O)C(C#N)C1. The number of hydrogen-bond acceptors (Lipinski definition) is 4. The van der Waals surface area contributed by atoms with Crippen LogP contribution in [-0.4, -0.2) is 26.0 Å². The predicted molar refractivity (Wildman–Crippen MR) is 59.3 cm³/mol. The van der Waals surface area contributed by atoms with E-state index in [1.807, 2.05) is 35.2 Å². The van der Waals surface area contributed by atoms with E-state index in [-0.39, 0.29) is 5.78 Å². The van der Waals surface area contributed by atoms with Crippen LogP contribution in [0.3, 0.4) is 0 Å². The topological polar surface area (TPSA) is 53.3 Å². The van der Waals surface area contributed by atoms with Crippen LogP contribution < -0.4 is 9.64 Å². The second-order valence-electron chi connectivity index (χ2n) is 3.70. The molecule has 2 rings (SSSR count). The molecule has 0 bridgehead atoms. The fourth-order valence-electron chi connectivity index (χ4n) is 1.87. The van der Waals surface area contributed by atoms with Crippen LogP contribution in [0.5, 0.6) is 5.75 Å². The molecule has 1 aromatic carbocycles. The molecule has 1 fully saturated rings. The second kappa shape index (κ2) is 4.23. The Kier molecular flexibility index (Phi) is 2.78. The standard InChI is InChI=1S/C12H12N2O2/c1-16-12-5-3-2-4-10(12)14-7-9(6-13)11(15)8-14/h2-5,9H,7-8H2,1H3. The number of methoxy groups -OCH3 is 1. The Morgan fingerprint density at radius 1 is 1.50 bits per heavy atom. The number of nitriles is 1.